The first-order valence-electron chi connectivity index (χ1n) is 6.69. The Balaban J connectivity index is 2.07. The molecule has 1 amide bonds. The van der Waals surface area contributed by atoms with Crippen LogP contribution < -0.4 is 5.32 Å². The van der Waals surface area contributed by atoms with Crippen molar-refractivity contribution in [2.45, 2.75) is 19.4 Å². The SMILES string of the molecule is Cc1cccc(CC(=O)N[C@@H](C(=O)O)c2ccccc2)c1. The standard InChI is InChI=1S/C17H17NO3/c1-12-6-5-7-13(10-12)11-15(19)18-16(17(20)21)14-8-3-2-4-9-14/h2-10,16H,11H2,1H3,(H,18,19)(H,20,21)/t16-/m1/s1. The fourth-order valence-electron chi connectivity index (χ4n) is 2.15. The monoisotopic (exact) mass is 283 g/mol. The van der Waals surface area contributed by atoms with E-state index in [0.29, 0.717) is 5.56 Å². The third kappa shape index (κ3) is 4.18. The number of rotatable bonds is 5. The Morgan fingerprint density at radius 1 is 1.10 bits per heavy atom. The van der Waals surface area contributed by atoms with Gasteiger partial charge in [-0.15, -0.1) is 0 Å². The molecule has 21 heavy (non-hydrogen) atoms. The molecule has 2 rings (SSSR count). The first-order valence-corrected chi connectivity index (χ1v) is 6.69. The lowest BCUT2D eigenvalue weighted by Gasteiger charge is -2.15. The van der Waals surface area contributed by atoms with Crippen molar-refractivity contribution in [1.29, 1.82) is 0 Å². The molecule has 0 saturated heterocycles. The van der Waals surface area contributed by atoms with Crippen LogP contribution in [0.1, 0.15) is 22.7 Å². The Morgan fingerprint density at radius 3 is 2.43 bits per heavy atom. The molecule has 4 nitrogen and oxygen atoms in total. The summed E-state index contributed by atoms with van der Waals surface area (Å²) in [5, 5.41) is 11.8. The van der Waals surface area contributed by atoms with Crippen LogP contribution in [0.4, 0.5) is 0 Å². The minimum absolute atomic E-state index is 0.165. The predicted molar refractivity (Wildman–Crippen MR) is 79.8 cm³/mol. The summed E-state index contributed by atoms with van der Waals surface area (Å²) in [5.41, 5.74) is 2.49. The predicted octanol–water partition coefficient (Wildman–Crippen LogP) is 2.48. The number of carboxylic acid groups (broad SMARTS) is 1. The van der Waals surface area contributed by atoms with Crippen LogP contribution in [0.3, 0.4) is 0 Å². The van der Waals surface area contributed by atoms with Crippen LogP contribution in [0, 0.1) is 6.92 Å². The van der Waals surface area contributed by atoms with Gasteiger partial charge in [0.2, 0.25) is 5.91 Å². The van der Waals surface area contributed by atoms with Crippen molar-refractivity contribution in [2.24, 2.45) is 0 Å². The molecule has 2 N–H and O–H groups in total. The molecular formula is C17H17NO3. The molecule has 0 aliphatic heterocycles. The van der Waals surface area contributed by atoms with Gasteiger partial charge in [-0.1, -0.05) is 60.2 Å². The summed E-state index contributed by atoms with van der Waals surface area (Å²) in [7, 11) is 0. The summed E-state index contributed by atoms with van der Waals surface area (Å²) in [6.07, 6.45) is 0.165. The molecule has 0 heterocycles. The van der Waals surface area contributed by atoms with Crippen molar-refractivity contribution >= 4 is 11.9 Å². The van der Waals surface area contributed by atoms with E-state index in [1.165, 1.54) is 0 Å². The van der Waals surface area contributed by atoms with Gasteiger partial charge in [-0.25, -0.2) is 4.79 Å². The number of carboxylic acids is 1. The van der Waals surface area contributed by atoms with Crippen molar-refractivity contribution in [3.8, 4) is 0 Å². The van der Waals surface area contributed by atoms with Crippen molar-refractivity contribution < 1.29 is 14.7 Å². The highest BCUT2D eigenvalue weighted by Gasteiger charge is 2.21. The first kappa shape index (κ1) is 14.8. The van der Waals surface area contributed by atoms with E-state index in [-0.39, 0.29) is 12.3 Å². The van der Waals surface area contributed by atoms with Crippen LogP contribution in [0.2, 0.25) is 0 Å². The summed E-state index contributed by atoms with van der Waals surface area (Å²) >= 11 is 0. The number of carbonyl (C=O) groups excluding carboxylic acids is 1. The van der Waals surface area contributed by atoms with Gasteiger partial charge >= 0.3 is 5.97 Å². The molecule has 0 aliphatic carbocycles. The number of carbonyl (C=O) groups is 2. The van der Waals surface area contributed by atoms with Crippen molar-refractivity contribution in [2.75, 3.05) is 0 Å². The number of aliphatic carboxylic acids is 1. The average Bonchev–Trinajstić information content (AvgIpc) is 2.45. The van der Waals surface area contributed by atoms with E-state index in [2.05, 4.69) is 5.32 Å². The van der Waals surface area contributed by atoms with Crippen LogP contribution in [-0.4, -0.2) is 17.0 Å². The van der Waals surface area contributed by atoms with E-state index in [1.807, 2.05) is 31.2 Å². The smallest absolute Gasteiger partial charge is 0.330 e. The lowest BCUT2D eigenvalue weighted by molar-refractivity contribution is -0.141. The Hall–Kier alpha value is -2.62. The third-order valence-electron chi connectivity index (χ3n) is 3.13. The quantitative estimate of drug-likeness (QED) is 0.886. The molecule has 0 radical (unpaired) electrons. The molecule has 0 aliphatic rings. The second-order valence-corrected chi connectivity index (χ2v) is 4.92. The lowest BCUT2D eigenvalue weighted by atomic mass is 10.1. The Morgan fingerprint density at radius 2 is 1.81 bits per heavy atom. The minimum atomic E-state index is -1.07. The van der Waals surface area contributed by atoms with Crippen molar-refractivity contribution in [3.63, 3.8) is 0 Å². The number of nitrogens with one attached hydrogen (secondary N) is 1. The van der Waals surface area contributed by atoms with E-state index in [9.17, 15) is 14.7 Å². The molecule has 1 atom stereocenters. The lowest BCUT2D eigenvalue weighted by Crippen LogP contribution is -2.34. The minimum Gasteiger partial charge on any atom is -0.479 e. The Bertz CT molecular complexity index is 637. The van der Waals surface area contributed by atoms with Crippen LogP contribution >= 0.6 is 0 Å². The largest absolute Gasteiger partial charge is 0.479 e. The van der Waals surface area contributed by atoms with Gasteiger partial charge in [0.1, 0.15) is 0 Å². The third-order valence-corrected chi connectivity index (χ3v) is 3.13. The summed E-state index contributed by atoms with van der Waals surface area (Å²) < 4.78 is 0. The van der Waals surface area contributed by atoms with Gasteiger partial charge in [0, 0.05) is 0 Å². The maximum absolute atomic E-state index is 12.0. The average molecular weight is 283 g/mol. The Labute approximate surface area is 123 Å². The zero-order valence-electron chi connectivity index (χ0n) is 11.7. The second-order valence-electron chi connectivity index (χ2n) is 4.92. The summed E-state index contributed by atoms with van der Waals surface area (Å²) in [4.78, 5) is 23.4. The van der Waals surface area contributed by atoms with Gasteiger partial charge in [-0.3, -0.25) is 4.79 Å². The van der Waals surface area contributed by atoms with Gasteiger partial charge < -0.3 is 10.4 Å². The maximum Gasteiger partial charge on any atom is 0.330 e. The van der Waals surface area contributed by atoms with E-state index in [0.717, 1.165) is 11.1 Å². The molecule has 0 saturated carbocycles. The summed E-state index contributed by atoms with van der Waals surface area (Å²) in [6, 6.07) is 15.2. The number of amides is 1. The van der Waals surface area contributed by atoms with E-state index in [4.69, 9.17) is 0 Å². The van der Waals surface area contributed by atoms with Crippen LogP contribution in [-0.2, 0) is 16.0 Å². The van der Waals surface area contributed by atoms with Gasteiger partial charge in [-0.2, -0.15) is 0 Å². The highest BCUT2D eigenvalue weighted by molar-refractivity contribution is 5.85. The highest BCUT2D eigenvalue weighted by Crippen LogP contribution is 2.13. The number of hydrogen-bond donors (Lipinski definition) is 2. The molecule has 108 valence electrons. The normalized spacial score (nSPS) is 11.7. The van der Waals surface area contributed by atoms with Gasteiger partial charge in [0.15, 0.2) is 6.04 Å². The van der Waals surface area contributed by atoms with Gasteiger partial charge in [-0.05, 0) is 18.1 Å². The summed E-state index contributed by atoms with van der Waals surface area (Å²) in [5.74, 6) is -1.38. The number of aryl methyl sites for hydroxylation is 1. The molecule has 0 fully saturated rings. The second kappa shape index (κ2) is 6.70. The number of benzene rings is 2. The molecular weight excluding hydrogens is 266 g/mol. The zero-order chi connectivity index (χ0) is 15.2. The number of hydrogen-bond acceptors (Lipinski definition) is 2. The summed E-state index contributed by atoms with van der Waals surface area (Å²) in [6.45, 7) is 1.95. The van der Waals surface area contributed by atoms with E-state index in [1.54, 1.807) is 30.3 Å². The molecule has 0 spiro atoms. The fraction of sp³-hybridized carbons (Fsp3) is 0.176. The fourth-order valence-corrected chi connectivity index (χ4v) is 2.15. The van der Waals surface area contributed by atoms with Crippen molar-refractivity contribution in [3.05, 3.63) is 71.3 Å². The van der Waals surface area contributed by atoms with E-state index < -0.39 is 12.0 Å². The molecule has 0 bridgehead atoms. The molecule has 2 aromatic rings. The first-order chi connectivity index (χ1) is 10.1. The van der Waals surface area contributed by atoms with Crippen molar-refractivity contribution in [1.82, 2.24) is 5.32 Å². The Kier molecular flexibility index (Phi) is 4.72. The molecule has 2 aromatic carbocycles. The molecule has 0 aromatic heterocycles. The maximum atomic E-state index is 12.0. The van der Waals surface area contributed by atoms with E-state index >= 15 is 0 Å². The zero-order valence-corrected chi connectivity index (χ0v) is 11.7. The molecule has 0 unspecified atom stereocenters. The van der Waals surface area contributed by atoms with Crippen LogP contribution in [0.5, 0.6) is 0 Å². The van der Waals surface area contributed by atoms with Gasteiger partial charge in [0.25, 0.3) is 0 Å². The van der Waals surface area contributed by atoms with Crippen LogP contribution in [0.25, 0.3) is 0 Å². The topological polar surface area (TPSA) is 66.4 Å². The van der Waals surface area contributed by atoms with Gasteiger partial charge in [0.05, 0.1) is 6.42 Å². The van der Waals surface area contributed by atoms with Crippen LogP contribution in [0.15, 0.2) is 54.6 Å². The molecule has 4 heteroatoms. The highest BCUT2D eigenvalue weighted by atomic mass is 16.4.